The van der Waals surface area contributed by atoms with Crippen molar-refractivity contribution in [2.45, 2.75) is 25.6 Å². The minimum absolute atomic E-state index is 0.00348. The molecule has 0 heterocycles. The average molecular weight is 319 g/mol. The Bertz CT molecular complexity index is 514. The van der Waals surface area contributed by atoms with Gasteiger partial charge in [-0.2, -0.15) is 13.2 Å². The minimum Gasteiger partial charge on any atom is -0.478 e. The Labute approximate surface area is 125 Å². The molecule has 1 rings (SSSR count). The Morgan fingerprint density at radius 2 is 1.86 bits per heavy atom. The van der Waals surface area contributed by atoms with Crippen LogP contribution in [0, 0.1) is 0 Å². The number of aromatic carboxylic acids is 1. The zero-order valence-electron chi connectivity index (χ0n) is 11.8. The number of carbonyl (C=O) groups is 2. The molecule has 2 N–H and O–H groups in total. The Morgan fingerprint density at radius 3 is 2.36 bits per heavy atom. The van der Waals surface area contributed by atoms with Crippen molar-refractivity contribution in [1.82, 2.24) is 5.32 Å². The number of halogens is 3. The molecule has 0 fully saturated rings. The normalized spacial score (nSPS) is 12.7. The first kappa shape index (κ1) is 18.0. The Kier molecular flexibility index (Phi) is 6.36. The van der Waals surface area contributed by atoms with E-state index in [1.807, 2.05) is 0 Å². The Balaban J connectivity index is 2.37. The van der Waals surface area contributed by atoms with Gasteiger partial charge in [0.2, 0.25) is 5.91 Å². The summed E-state index contributed by atoms with van der Waals surface area (Å²) in [6.45, 7) is -0.0745. The van der Waals surface area contributed by atoms with Crippen LogP contribution in [0.3, 0.4) is 0 Å². The van der Waals surface area contributed by atoms with Gasteiger partial charge in [0.25, 0.3) is 0 Å². The summed E-state index contributed by atoms with van der Waals surface area (Å²) in [6.07, 6.45) is -4.39. The minimum atomic E-state index is -4.39. The van der Waals surface area contributed by atoms with Crippen LogP contribution >= 0.6 is 0 Å². The number of hydrogen-bond donors (Lipinski definition) is 2. The first-order chi connectivity index (χ1) is 10.2. The predicted molar refractivity (Wildman–Crippen MR) is 71.6 cm³/mol. The lowest BCUT2D eigenvalue weighted by molar-refractivity contribution is -0.175. The molecular weight excluding hydrogens is 303 g/mol. The summed E-state index contributed by atoms with van der Waals surface area (Å²) in [6, 6.07) is 5.21. The van der Waals surface area contributed by atoms with Crippen molar-refractivity contribution in [3.05, 3.63) is 35.4 Å². The van der Waals surface area contributed by atoms with E-state index in [9.17, 15) is 22.8 Å². The maximum atomic E-state index is 11.9. The quantitative estimate of drug-likeness (QED) is 0.806. The second-order valence-electron chi connectivity index (χ2n) is 4.78. The fourth-order valence-corrected chi connectivity index (χ4v) is 1.67. The van der Waals surface area contributed by atoms with E-state index in [1.165, 1.54) is 31.2 Å². The highest BCUT2D eigenvalue weighted by atomic mass is 19.4. The molecule has 122 valence electrons. The van der Waals surface area contributed by atoms with E-state index in [0.29, 0.717) is 5.56 Å². The highest BCUT2D eigenvalue weighted by Crippen LogP contribution is 2.14. The third-order valence-corrected chi connectivity index (χ3v) is 2.61. The molecule has 1 aromatic carbocycles. The van der Waals surface area contributed by atoms with Gasteiger partial charge in [0.1, 0.15) is 6.61 Å². The molecule has 1 atom stereocenters. The van der Waals surface area contributed by atoms with Crippen molar-refractivity contribution in [2.75, 3.05) is 13.2 Å². The summed E-state index contributed by atoms with van der Waals surface area (Å²) >= 11 is 0. The van der Waals surface area contributed by atoms with Gasteiger partial charge >= 0.3 is 12.1 Å². The summed E-state index contributed by atoms with van der Waals surface area (Å²) in [5.74, 6) is -1.45. The Hall–Kier alpha value is -2.09. The summed E-state index contributed by atoms with van der Waals surface area (Å²) in [4.78, 5) is 22.4. The molecule has 0 radical (unpaired) electrons. The van der Waals surface area contributed by atoms with Crippen LogP contribution in [-0.2, 0) is 16.0 Å². The van der Waals surface area contributed by atoms with Gasteiger partial charge in [-0.15, -0.1) is 0 Å². The number of carboxylic acids is 1. The van der Waals surface area contributed by atoms with Gasteiger partial charge in [0.05, 0.1) is 18.6 Å². The standard InChI is InChI=1S/C14H16F3NO4/c1-9(7-22-8-14(15,16)17)18-12(19)6-10-2-4-11(5-3-10)13(20)21/h2-5,9H,6-8H2,1H3,(H,18,19)(H,20,21). The van der Waals surface area contributed by atoms with Gasteiger partial charge < -0.3 is 15.2 Å². The highest BCUT2D eigenvalue weighted by molar-refractivity contribution is 5.87. The molecule has 1 unspecified atom stereocenters. The zero-order valence-corrected chi connectivity index (χ0v) is 11.8. The molecular formula is C14H16F3NO4. The molecule has 0 saturated heterocycles. The number of carboxylic acid groups (broad SMARTS) is 1. The van der Waals surface area contributed by atoms with E-state index in [0.717, 1.165) is 0 Å². The molecule has 0 saturated carbocycles. The molecule has 0 spiro atoms. The van der Waals surface area contributed by atoms with Crippen molar-refractivity contribution >= 4 is 11.9 Å². The number of hydrogen-bond acceptors (Lipinski definition) is 3. The van der Waals surface area contributed by atoms with Crippen LogP contribution in [0.5, 0.6) is 0 Å². The van der Waals surface area contributed by atoms with Gasteiger partial charge in [-0.1, -0.05) is 12.1 Å². The third kappa shape index (κ3) is 7.07. The summed E-state index contributed by atoms with van der Waals surface area (Å²) < 4.78 is 40.1. The largest absolute Gasteiger partial charge is 0.478 e. The van der Waals surface area contributed by atoms with Gasteiger partial charge in [-0.05, 0) is 24.6 Å². The number of nitrogens with one attached hydrogen (secondary N) is 1. The van der Waals surface area contributed by atoms with Crippen LogP contribution in [0.1, 0.15) is 22.8 Å². The second kappa shape index (κ2) is 7.79. The average Bonchev–Trinajstić information content (AvgIpc) is 2.37. The smallest absolute Gasteiger partial charge is 0.411 e. The van der Waals surface area contributed by atoms with Crippen molar-refractivity contribution in [2.24, 2.45) is 0 Å². The van der Waals surface area contributed by atoms with Crippen molar-refractivity contribution in [3.8, 4) is 0 Å². The molecule has 22 heavy (non-hydrogen) atoms. The maximum Gasteiger partial charge on any atom is 0.411 e. The molecule has 5 nitrogen and oxygen atoms in total. The molecule has 0 aliphatic carbocycles. The summed E-state index contributed by atoms with van der Waals surface area (Å²) in [7, 11) is 0. The molecule has 0 aliphatic heterocycles. The first-order valence-corrected chi connectivity index (χ1v) is 6.43. The highest BCUT2D eigenvalue weighted by Gasteiger charge is 2.27. The SMILES string of the molecule is CC(COCC(F)(F)F)NC(=O)Cc1ccc(C(=O)O)cc1. The van der Waals surface area contributed by atoms with E-state index < -0.39 is 24.8 Å². The van der Waals surface area contributed by atoms with Crippen molar-refractivity contribution in [3.63, 3.8) is 0 Å². The fraction of sp³-hybridized carbons (Fsp3) is 0.429. The number of ether oxygens (including phenoxy) is 1. The molecule has 0 aliphatic rings. The van der Waals surface area contributed by atoms with Gasteiger partial charge in [0, 0.05) is 6.04 Å². The lowest BCUT2D eigenvalue weighted by Gasteiger charge is -2.15. The first-order valence-electron chi connectivity index (χ1n) is 6.43. The van der Waals surface area contributed by atoms with Gasteiger partial charge in [-0.3, -0.25) is 4.79 Å². The van der Waals surface area contributed by atoms with Gasteiger partial charge in [0.15, 0.2) is 0 Å². The molecule has 0 aromatic heterocycles. The van der Waals surface area contributed by atoms with Gasteiger partial charge in [-0.25, -0.2) is 4.79 Å². The van der Waals surface area contributed by atoms with Crippen molar-refractivity contribution < 1.29 is 32.6 Å². The number of benzene rings is 1. The zero-order chi connectivity index (χ0) is 16.8. The van der Waals surface area contributed by atoms with E-state index >= 15 is 0 Å². The predicted octanol–water partition coefficient (Wildman–Crippen LogP) is 2.01. The topological polar surface area (TPSA) is 75.6 Å². The number of carbonyl (C=O) groups excluding carboxylic acids is 1. The summed E-state index contributed by atoms with van der Waals surface area (Å²) in [5.41, 5.74) is 0.712. The monoisotopic (exact) mass is 319 g/mol. The number of alkyl halides is 3. The van der Waals surface area contributed by atoms with Crippen molar-refractivity contribution in [1.29, 1.82) is 0 Å². The van der Waals surface area contributed by atoms with Crippen LogP contribution < -0.4 is 5.32 Å². The summed E-state index contributed by atoms with van der Waals surface area (Å²) in [5, 5.41) is 11.2. The molecule has 8 heteroatoms. The third-order valence-electron chi connectivity index (χ3n) is 2.61. The van der Waals surface area contributed by atoms with Crippen LogP contribution in [0.4, 0.5) is 13.2 Å². The molecule has 0 bridgehead atoms. The van der Waals surface area contributed by atoms with Crippen LogP contribution in [0.25, 0.3) is 0 Å². The lowest BCUT2D eigenvalue weighted by Crippen LogP contribution is -2.37. The fourth-order valence-electron chi connectivity index (χ4n) is 1.67. The molecule has 1 amide bonds. The van der Waals surface area contributed by atoms with E-state index in [1.54, 1.807) is 0 Å². The molecule has 1 aromatic rings. The van der Waals surface area contributed by atoms with E-state index in [-0.39, 0.29) is 24.5 Å². The van der Waals surface area contributed by atoms with E-state index in [4.69, 9.17) is 5.11 Å². The second-order valence-corrected chi connectivity index (χ2v) is 4.78. The lowest BCUT2D eigenvalue weighted by atomic mass is 10.1. The van der Waals surface area contributed by atoms with E-state index in [2.05, 4.69) is 10.1 Å². The number of rotatable bonds is 7. The van der Waals surface area contributed by atoms with Crippen LogP contribution in [0.15, 0.2) is 24.3 Å². The number of amides is 1. The maximum absolute atomic E-state index is 11.9. The van der Waals surface area contributed by atoms with Crippen LogP contribution in [-0.4, -0.2) is 42.4 Å². The Morgan fingerprint density at radius 1 is 1.27 bits per heavy atom. The van der Waals surface area contributed by atoms with Crippen LogP contribution in [0.2, 0.25) is 0 Å².